The molecule has 20 heavy (non-hydrogen) atoms. The number of hydrogen-bond donors (Lipinski definition) is 1. The van der Waals surface area contributed by atoms with E-state index in [1.54, 1.807) is 0 Å². The average molecular weight is 278 g/mol. The lowest BCUT2D eigenvalue weighted by atomic mass is 9.76. The molecule has 116 valence electrons. The summed E-state index contributed by atoms with van der Waals surface area (Å²) in [5.74, 6) is 1.01. The maximum atomic E-state index is 3.73. The Hall–Kier alpha value is -0.0800. The Bertz CT molecular complexity index is 290. The van der Waals surface area contributed by atoms with Gasteiger partial charge in [0.1, 0.15) is 0 Å². The molecule has 1 saturated carbocycles. The predicted molar refractivity (Wildman–Crippen MR) is 86.0 cm³/mol. The number of piperidine rings is 2. The van der Waals surface area contributed by atoms with Crippen LogP contribution in [0.4, 0.5) is 0 Å². The fourth-order valence-electron chi connectivity index (χ4n) is 5.37. The van der Waals surface area contributed by atoms with E-state index in [0.717, 1.165) is 36.6 Å². The molecule has 3 rings (SSSR count). The summed E-state index contributed by atoms with van der Waals surface area (Å²) in [6, 6.07) is 3.52. The van der Waals surface area contributed by atoms with Crippen molar-refractivity contribution in [3.05, 3.63) is 0 Å². The van der Waals surface area contributed by atoms with Gasteiger partial charge >= 0.3 is 0 Å². The van der Waals surface area contributed by atoms with Crippen molar-refractivity contribution in [2.75, 3.05) is 6.54 Å². The second-order valence-electron chi connectivity index (χ2n) is 7.51. The van der Waals surface area contributed by atoms with Crippen LogP contribution in [0.25, 0.3) is 0 Å². The Balaban J connectivity index is 1.66. The summed E-state index contributed by atoms with van der Waals surface area (Å²) >= 11 is 0. The van der Waals surface area contributed by atoms with Gasteiger partial charge in [0, 0.05) is 24.2 Å². The highest BCUT2D eigenvalue weighted by atomic mass is 15.2. The number of rotatable bonds is 4. The van der Waals surface area contributed by atoms with Crippen LogP contribution in [-0.4, -0.2) is 35.6 Å². The Morgan fingerprint density at radius 1 is 0.850 bits per heavy atom. The summed E-state index contributed by atoms with van der Waals surface area (Å²) in [5.41, 5.74) is 0. The molecular formula is C18H34N2. The Kier molecular flexibility index (Phi) is 5.04. The highest BCUT2D eigenvalue weighted by Gasteiger charge is 2.42. The average Bonchev–Trinajstić information content (AvgIpc) is 2.47. The van der Waals surface area contributed by atoms with E-state index in [1.807, 2.05) is 0 Å². The molecule has 2 bridgehead atoms. The monoisotopic (exact) mass is 278 g/mol. The number of nitrogens with zero attached hydrogens (tertiary/aromatic N) is 1. The zero-order valence-electron chi connectivity index (χ0n) is 13.6. The lowest BCUT2D eigenvalue weighted by molar-refractivity contribution is -0.0289. The van der Waals surface area contributed by atoms with Crippen LogP contribution in [0.15, 0.2) is 0 Å². The zero-order valence-corrected chi connectivity index (χ0v) is 13.6. The van der Waals surface area contributed by atoms with Crippen molar-refractivity contribution in [1.82, 2.24) is 10.2 Å². The van der Waals surface area contributed by atoms with Gasteiger partial charge in [0.2, 0.25) is 0 Å². The SMILES string of the molecule is CCNC1CC2CCCC(C1)N2C1CCCC(CC)C1. The Labute approximate surface area is 125 Å². The molecule has 2 saturated heterocycles. The lowest BCUT2D eigenvalue weighted by Gasteiger charge is -2.54. The molecule has 3 fully saturated rings. The van der Waals surface area contributed by atoms with E-state index < -0.39 is 0 Å². The van der Waals surface area contributed by atoms with Gasteiger partial charge in [0.05, 0.1) is 0 Å². The largest absolute Gasteiger partial charge is 0.314 e. The van der Waals surface area contributed by atoms with E-state index in [9.17, 15) is 0 Å². The molecule has 1 N–H and O–H groups in total. The summed E-state index contributed by atoms with van der Waals surface area (Å²) in [6.45, 7) is 5.80. The molecule has 2 aliphatic heterocycles. The van der Waals surface area contributed by atoms with Crippen molar-refractivity contribution in [2.24, 2.45) is 5.92 Å². The van der Waals surface area contributed by atoms with Crippen molar-refractivity contribution >= 4 is 0 Å². The normalized spacial score (nSPS) is 42.6. The van der Waals surface area contributed by atoms with Gasteiger partial charge in [0.25, 0.3) is 0 Å². The number of hydrogen-bond acceptors (Lipinski definition) is 2. The molecule has 0 radical (unpaired) electrons. The third-order valence-corrected chi connectivity index (χ3v) is 6.28. The quantitative estimate of drug-likeness (QED) is 0.837. The fourth-order valence-corrected chi connectivity index (χ4v) is 5.37. The topological polar surface area (TPSA) is 15.3 Å². The van der Waals surface area contributed by atoms with Crippen LogP contribution in [-0.2, 0) is 0 Å². The van der Waals surface area contributed by atoms with Gasteiger partial charge in [0.15, 0.2) is 0 Å². The van der Waals surface area contributed by atoms with Crippen molar-refractivity contribution in [2.45, 2.75) is 102 Å². The van der Waals surface area contributed by atoms with Crippen LogP contribution in [0.1, 0.15) is 78.1 Å². The fraction of sp³-hybridized carbons (Fsp3) is 1.00. The second-order valence-corrected chi connectivity index (χ2v) is 7.51. The van der Waals surface area contributed by atoms with Gasteiger partial charge in [-0.05, 0) is 51.0 Å². The van der Waals surface area contributed by atoms with Crippen LogP contribution in [0.2, 0.25) is 0 Å². The first-order valence-electron chi connectivity index (χ1n) is 9.32. The van der Waals surface area contributed by atoms with E-state index in [2.05, 4.69) is 24.1 Å². The standard InChI is InChI=1S/C18H34N2/c1-3-14-7-5-8-16(11-14)20-17-9-6-10-18(20)13-15(12-17)19-4-2/h14-19H,3-13H2,1-2H3. The minimum atomic E-state index is 0.803. The molecule has 2 nitrogen and oxygen atoms in total. The smallest absolute Gasteiger partial charge is 0.0116 e. The summed E-state index contributed by atoms with van der Waals surface area (Å²) in [6.07, 6.45) is 14.6. The zero-order chi connectivity index (χ0) is 13.9. The minimum Gasteiger partial charge on any atom is -0.314 e. The van der Waals surface area contributed by atoms with Crippen molar-refractivity contribution in [3.8, 4) is 0 Å². The molecule has 0 spiro atoms. The van der Waals surface area contributed by atoms with Crippen LogP contribution < -0.4 is 5.32 Å². The van der Waals surface area contributed by atoms with Crippen LogP contribution in [0.3, 0.4) is 0 Å². The van der Waals surface area contributed by atoms with Gasteiger partial charge in [-0.3, -0.25) is 4.90 Å². The van der Waals surface area contributed by atoms with Crippen molar-refractivity contribution in [3.63, 3.8) is 0 Å². The first-order valence-corrected chi connectivity index (χ1v) is 9.32. The highest BCUT2D eigenvalue weighted by Crippen LogP contribution is 2.40. The molecular weight excluding hydrogens is 244 g/mol. The van der Waals surface area contributed by atoms with Gasteiger partial charge in [-0.1, -0.05) is 39.5 Å². The van der Waals surface area contributed by atoms with Crippen molar-refractivity contribution < 1.29 is 0 Å². The van der Waals surface area contributed by atoms with Gasteiger partial charge in [-0.2, -0.15) is 0 Å². The van der Waals surface area contributed by atoms with Gasteiger partial charge in [-0.15, -0.1) is 0 Å². The first-order chi connectivity index (χ1) is 9.81. The first kappa shape index (κ1) is 14.8. The third kappa shape index (κ3) is 3.06. The molecule has 0 aromatic heterocycles. The molecule has 2 heteroatoms. The molecule has 1 aliphatic carbocycles. The van der Waals surface area contributed by atoms with Crippen LogP contribution in [0, 0.1) is 5.92 Å². The van der Waals surface area contributed by atoms with E-state index in [4.69, 9.17) is 0 Å². The van der Waals surface area contributed by atoms with E-state index in [-0.39, 0.29) is 0 Å². The van der Waals surface area contributed by atoms with Crippen molar-refractivity contribution in [1.29, 1.82) is 0 Å². The lowest BCUT2D eigenvalue weighted by Crippen LogP contribution is -2.60. The maximum absolute atomic E-state index is 3.73. The summed E-state index contributed by atoms with van der Waals surface area (Å²) in [4.78, 5) is 3.01. The number of fused-ring (bicyclic) bond motifs is 2. The third-order valence-electron chi connectivity index (χ3n) is 6.28. The molecule has 4 unspecified atom stereocenters. The van der Waals surface area contributed by atoms with E-state index >= 15 is 0 Å². The predicted octanol–water partition coefficient (Wildman–Crippen LogP) is 3.95. The van der Waals surface area contributed by atoms with Crippen LogP contribution >= 0.6 is 0 Å². The van der Waals surface area contributed by atoms with Gasteiger partial charge < -0.3 is 5.32 Å². The molecule has 0 aromatic carbocycles. The summed E-state index contributed by atoms with van der Waals surface area (Å²) < 4.78 is 0. The molecule has 3 aliphatic rings. The summed E-state index contributed by atoms with van der Waals surface area (Å²) in [5, 5.41) is 3.73. The molecule has 2 heterocycles. The Morgan fingerprint density at radius 3 is 2.05 bits per heavy atom. The maximum Gasteiger partial charge on any atom is 0.0116 e. The van der Waals surface area contributed by atoms with E-state index in [1.165, 1.54) is 64.2 Å². The second kappa shape index (κ2) is 6.79. The van der Waals surface area contributed by atoms with E-state index in [0.29, 0.717) is 0 Å². The molecule has 4 atom stereocenters. The molecule has 0 amide bonds. The minimum absolute atomic E-state index is 0.803. The molecule has 0 aromatic rings. The highest BCUT2D eigenvalue weighted by molar-refractivity contribution is 4.98. The van der Waals surface area contributed by atoms with Gasteiger partial charge in [-0.25, -0.2) is 0 Å². The van der Waals surface area contributed by atoms with Crippen LogP contribution in [0.5, 0.6) is 0 Å². The Morgan fingerprint density at radius 2 is 1.45 bits per heavy atom. The summed E-state index contributed by atoms with van der Waals surface area (Å²) in [7, 11) is 0. The number of nitrogens with one attached hydrogen (secondary N) is 1.